The van der Waals surface area contributed by atoms with Crippen LogP contribution >= 0.6 is 0 Å². The number of esters is 1. The van der Waals surface area contributed by atoms with Crippen LogP contribution in [0, 0.1) is 13.8 Å². The minimum absolute atomic E-state index is 0.131. The van der Waals surface area contributed by atoms with E-state index < -0.39 is 0 Å². The second-order valence-electron chi connectivity index (χ2n) is 5.34. The van der Waals surface area contributed by atoms with Gasteiger partial charge in [0.2, 0.25) is 0 Å². The van der Waals surface area contributed by atoms with Crippen LogP contribution in [0.5, 0.6) is 5.75 Å². The molecule has 0 radical (unpaired) electrons. The van der Waals surface area contributed by atoms with E-state index in [0.717, 1.165) is 11.1 Å². The molecule has 0 spiro atoms. The Kier molecular flexibility index (Phi) is 5.95. The second kappa shape index (κ2) is 8.15. The van der Waals surface area contributed by atoms with Crippen molar-refractivity contribution in [3.05, 3.63) is 64.7 Å². The fourth-order valence-electron chi connectivity index (χ4n) is 2.21. The Hall–Kier alpha value is -2.82. The second-order valence-corrected chi connectivity index (χ2v) is 5.34. The summed E-state index contributed by atoms with van der Waals surface area (Å²) in [6.07, 6.45) is 0.131. The van der Waals surface area contributed by atoms with Gasteiger partial charge in [-0.15, -0.1) is 0 Å². The van der Waals surface area contributed by atoms with Crippen LogP contribution < -0.4 is 4.74 Å². The first-order valence-electron chi connectivity index (χ1n) is 7.56. The lowest BCUT2D eigenvalue weighted by molar-refractivity contribution is -0.139. The summed E-state index contributed by atoms with van der Waals surface area (Å²) in [5, 5.41) is 3.98. The summed E-state index contributed by atoms with van der Waals surface area (Å²) in [5.74, 6) is 0.618. The molecular weight excluding hydrogens is 306 g/mol. The molecule has 2 aromatic rings. The highest BCUT2D eigenvalue weighted by molar-refractivity contribution is 5.97. The van der Waals surface area contributed by atoms with E-state index in [1.807, 2.05) is 56.3 Å². The average Bonchev–Trinajstić information content (AvgIpc) is 2.58. The number of carbonyl (C=O) groups excluding carboxylic acids is 1. The first-order valence-corrected chi connectivity index (χ1v) is 7.56. The number of oxime groups is 1. The first kappa shape index (κ1) is 17.5. The normalized spacial score (nSPS) is 11.1. The van der Waals surface area contributed by atoms with Gasteiger partial charge in [-0.1, -0.05) is 24.3 Å². The summed E-state index contributed by atoms with van der Waals surface area (Å²) in [4.78, 5) is 16.5. The lowest BCUT2D eigenvalue weighted by atomic mass is 10.0. The molecule has 2 aromatic carbocycles. The molecule has 0 saturated carbocycles. The predicted molar refractivity (Wildman–Crippen MR) is 92.3 cm³/mol. The minimum atomic E-state index is -0.328. The van der Waals surface area contributed by atoms with Gasteiger partial charge in [-0.25, -0.2) is 0 Å². The van der Waals surface area contributed by atoms with Crippen LogP contribution in [0.1, 0.15) is 22.3 Å². The Balaban J connectivity index is 2.36. The number of benzene rings is 2. The number of rotatable bonds is 5. The fourth-order valence-corrected chi connectivity index (χ4v) is 2.21. The number of hydrogen-bond acceptors (Lipinski definition) is 5. The van der Waals surface area contributed by atoms with E-state index in [0.29, 0.717) is 17.2 Å². The summed E-state index contributed by atoms with van der Waals surface area (Å²) in [6, 6.07) is 13.2. The molecule has 2 rings (SSSR count). The molecule has 0 aliphatic carbocycles. The Morgan fingerprint density at radius 3 is 2.46 bits per heavy atom. The van der Waals surface area contributed by atoms with Crippen LogP contribution in [-0.2, 0) is 20.8 Å². The number of carbonyl (C=O) groups is 1. The summed E-state index contributed by atoms with van der Waals surface area (Å²) >= 11 is 0. The highest BCUT2D eigenvalue weighted by Crippen LogP contribution is 2.20. The Morgan fingerprint density at radius 1 is 1.04 bits per heavy atom. The molecule has 0 atom stereocenters. The molecule has 5 heteroatoms. The van der Waals surface area contributed by atoms with E-state index in [1.165, 1.54) is 19.8 Å². The summed E-state index contributed by atoms with van der Waals surface area (Å²) in [5.41, 5.74) is 3.73. The fraction of sp³-hybridized carbons (Fsp3) is 0.263. The molecule has 24 heavy (non-hydrogen) atoms. The summed E-state index contributed by atoms with van der Waals surface area (Å²) in [6.45, 7) is 4.05. The molecule has 0 N–H and O–H groups in total. The topological polar surface area (TPSA) is 57.1 Å². The van der Waals surface area contributed by atoms with Crippen LogP contribution in [0.3, 0.4) is 0 Å². The van der Waals surface area contributed by atoms with Gasteiger partial charge < -0.3 is 14.3 Å². The largest absolute Gasteiger partial charge is 0.469 e. The van der Waals surface area contributed by atoms with Gasteiger partial charge in [0.15, 0.2) is 0 Å². The Bertz CT molecular complexity index is 753. The molecule has 0 aromatic heterocycles. The van der Waals surface area contributed by atoms with Crippen LogP contribution in [0.2, 0.25) is 0 Å². The summed E-state index contributed by atoms with van der Waals surface area (Å²) in [7, 11) is 2.81. The molecule has 0 aliphatic heterocycles. The third-order valence-corrected chi connectivity index (χ3v) is 3.68. The molecular formula is C19H21NO4. The van der Waals surface area contributed by atoms with Crippen molar-refractivity contribution in [2.24, 2.45) is 5.16 Å². The monoisotopic (exact) mass is 327 g/mol. The maximum atomic E-state index is 11.6. The molecule has 0 unspecified atom stereocenters. The molecule has 0 saturated heterocycles. The van der Waals surface area contributed by atoms with Crippen LogP contribution in [0.4, 0.5) is 0 Å². The van der Waals surface area contributed by atoms with Gasteiger partial charge in [0.1, 0.15) is 12.9 Å². The zero-order valence-electron chi connectivity index (χ0n) is 14.3. The number of ether oxygens (including phenoxy) is 2. The van der Waals surface area contributed by atoms with Crippen molar-refractivity contribution in [3.63, 3.8) is 0 Å². The van der Waals surface area contributed by atoms with E-state index in [-0.39, 0.29) is 12.4 Å². The van der Waals surface area contributed by atoms with E-state index in [4.69, 9.17) is 14.3 Å². The summed E-state index contributed by atoms with van der Waals surface area (Å²) < 4.78 is 10.7. The highest BCUT2D eigenvalue weighted by atomic mass is 16.6. The van der Waals surface area contributed by atoms with Gasteiger partial charge in [0.25, 0.3) is 5.90 Å². The maximum absolute atomic E-state index is 11.6. The minimum Gasteiger partial charge on any atom is -0.469 e. The third kappa shape index (κ3) is 4.35. The zero-order chi connectivity index (χ0) is 17.5. The molecule has 0 fully saturated rings. The Labute approximate surface area is 141 Å². The molecule has 0 amide bonds. The van der Waals surface area contributed by atoms with Crippen LogP contribution in [-0.4, -0.2) is 26.1 Å². The first-order chi connectivity index (χ1) is 11.5. The molecule has 5 nitrogen and oxygen atoms in total. The van der Waals surface area contributed by atoms with Crippen molar-refractivity contribution in [2.45, 2.75) is 20.3 Å². The van der Waals surface area contributed by atoms with Crippen molar-refractivity contribution in [1.29, 1.82) is 0 Å². The van der Waals surface area contributed by atoms with Gasteiger partial charge in [-0.3, -0.25) is 4.79 Å². The van der Waals surface area contributed by atoms with E-state index in [1.54, 1.807) is 0 Å². The van der Waals surface area contributed by atoms with Gasteiger partial charge in [-0.2, -0.15) is 0 Å². The lowest BCUT2D eigenvalue weighted by Crippen LogP contribution is -2.16. The molecule has 126 valence electrons. The SMILES string of the molecule is CO/N=C(\Oc1ccc(C)c(C)c1)c1ccccc1CC(=O)OC. The number of nitrogens with zero attached hydrogens (tertiary/aromatic N) is 1. The van der Waals surface area contributed by atoms with Gasteiger partial charge >= 0.3 is 5.97 Å². The van der Waals surface area contributed by atoms with Crippen molar-refractivity contribution < 1.29 is 19.1 Å². The van der Waals surface area contributed by atoms with Crippen LogP contribution in [0.25, 0.3) is 0 Å². The van der Waals surface area contributed by atoms with Gasteiger partial charge in [0, 0.05) is 5.56 Å². The molecule has 0 aliphatic rings. The number of hydrogen-bond donors (Lipinski definition) is 0. The smallest absolute Gasteiger partial charge is 0.310 e. The third-order valence-electron chi connectivity index (χ3n) is 3.68. The number of methoxy groups -OCH3 is 1. The van der Waals surface area contributed by atoms with Crippen LogP contribution in [0.15, 0.2) is 47.6 Å². The van der Waals surface area contributed by atoms with Crippen molar-refractivity contribution in [2.75, 3.05) is 14.2 Å². The zero-order valence-corrected chi connectivity index (χ0v) is 14.3. The molecule has 0 bridgehead atoms. The van der Waals surface area contributed by atoms with E-state index in [9.17, 15) is 4.79 Å². The van der Waals surface area contributed by atoms with Gasteiger partial charge in [-0.05, 0) is 53.9 Å². The van der Waals surface area contributed by atoms with E-state index in [2.05, 4.69) is 5.16 Å². The van der Waals surface area contributed by atoms with E-state index >= 15 is 0 Å². The average molecular weight is 327 g/mol. The van der Waals surface area contributed by atoms with Crippen molar-refractivity contribution in [1.82, 2.24) is 0 Å². The standard InChI is InChI=1S/C19H21NO4/c1-13-9-10-16(11-14(13)2)24-19(20-23-4)17-8-6-5-7-15(17)12-18(21)22-3/h5-11H,12H2,1-4H3/b20-19-. The lowest BCUT2D eigenvalue weighted by Gasteiger charge is -2.13. The van der Waals surface area contributed by atoms with Gasteiger partial charge in [0.05, 0.1) is 13.5 Å². The number of aryl methyl sites for hydroxylation is 2. The molecule has 0 heterocycles. The highest BCUT2D eigenvalue weighted by Gasteiger charge is 2.15. The predicted octanol–water partition coefficient (Wildman–Crippen LogP) is 3.41. The Morgan fingerprint density at radius 2 is 1.79 bits per heavy atom. The maximum Gasteiger partial charge on any atom is 0.310 e. The van der Waals surface area contributed by atoms with Crippen molar-refractivity contribution in [3.8, 4) is 5.75 Å². The van der Waals surface area contributed by atoms with Crippen molar-refractivity contribution >= 4 is 11.9 Å². The quantitative estimate of drug-likeness (QED) is 0.365.